The van der Waals surface area contributed by atoms with Gasteiger partial charge in [-0.3, -0.25) is 9.59 Å². The number of hydrogen-bond acceptors (Lipinski definition) is 4. The highest BCUT2D eigenvalue weighted by atomic mass is 16.5. The number of aliphatic hydroxyl groups is 1. The van der Waals surface area contributed by atoms with Gasteiger partial charge in [0.05, 0.1) is 17.8 Å². The molecule has 0 radical (unpaired) electrons. The molecule has 0 bridgehead atoms. The number of likely N-dealkylation sites (tertiary alicyclic amines) is 1. The van der Waals surface area contributed by atoms with Crippen LogP contribution in [0.5, 0.6) is 0 Å². The minimum absolute atomic E-state index is 0.0935. The summed E-state index contributed by atoms with van der Waals surface area (Å²) in [6.45, 7) is 4.96. The Kier molecular flexibility index (Phi) is 4.78. The summed E-state index contributed by atoms with van der Waals surface area (Å²) in [5, 5.41) is 10.1. The van der Waals surface area contributed by atoms with Crippen molar-refractivity contribution in [2.24, 2.45) is 0 Å². The van der Waals surface area contributed by atoms with Gasteiger partial charge in [0, 0.05) is 25.2 Å². The predicted molar refractivity (Wildman–Crippen MR) is 90.1 cm³/mol. The van der Waals surface area contributed by atoms with Gasteiger partial charge in [-0.2, -0.15) is 0 Å². The van der Waals surface area contributed by atoms with Gasteiger partial charge in [0.1, 0.15) is 5.56 Å². The molecule has 24 heavy (non-hydrogen) atoms. The number of nitrogens with one attached hydrogen (secondary N) is 1. The Morgan fingerprint density at radius 3 is 2.75 bits per heavy atom. The van der Waals surface area contributed by atoms with Gasteiger partial charge in [-0.05, 0) is 44.7 Å². The number of aromatic amines is 1. The van der Waals surface area contributed by atoms with E-state index >= 15 is 0 Å². The van der Waals surface area contributed by atoms with Crippen LogP contribution in [0.4, 0.5) is 0 Å². The van der Waals surface area contributed by atoms with Gasteiger partial charge in [-0.1, -0.05) is 6.92 Å². The molecule has 132 valence electrons. The minimum Gasteiger partial charge on any atom is -0.393 e. The molecule has 1 aromatic heterocycles. The van der Waals surface area contributed by atoms with Crippen LogP contribution in [-0.4, -0.2) is 51.8 Å². The van der Waals surface area contributed by atoms with E-state index in [1.807, 2.05) is 0 Å². The van der Waals surface area contributed by atoms with Crippen LogP contribution >= 0.6 is 0 Å². The summed E-state index contributed by atoms with van der Waals surface area (Å²) >= 11 is 0. The maximum absolute atomic E-state index is 12.6. The average Bonchev–Trinajstić information content (AvgIpc) is 2.54. The highest BCUT2D eigenvalue weighted by Crippen LogP contribution is 2.38. The average molecular weight is 334 g/mol. The Morgan fingerprint density at radius 2 is 2.12 bits per heavy atom. The lowest BCUT2D eigenvalue weighted by Crippen LogP contribution is -2.54. The Labute approximate surface area is 141 Å². The lowest BCUT2D eigenvalue weighted by atomic mass is 9.81. The van der Waals surface area contributed by atoms with Crippen LogP contribution in [0.25, 0.3) is 0 Å². The third-order valence-electron chi connectivity index (χ3n) is 5.26. The van der Waals surface area contributed by atoms with Crippen LogP contribution < -0.4 is 5.56 Å². The number of aliphatic hydroxyl groups excluding tert-OH is 1. The van der Waals surface area contributed by atoms with Gasteiger partial charge in [0.2, 0.25) is 0 Å². The van der Waals surface area contributed by atoms with Crippen LogP contribution in [0.2, 0.25) is 0 Å². The number of carbonyl (C=O) groups is 1. The third-order valence-corrected chi connectivity index (χ3v) is 5.26. The molecule has 2 fully saturated rings. The van der Waals surface area contributed by atoms with E-state index in [1.54, 1.807) is 24.0 Å². The molecule has 0 unspecified atom stereocenters. The monoisotopic (exact) mass is 334 g/mol. The molecule has 1 aromatic rings. The van der Waals surface area contributed by atoms with Crippen molar-refractivity contribution in [2.45, 2.75) is 63.8 Å². The molecule has 2 saturated heterocycles. The largest absolute Gasteiger partial charge is 0.393 e. The van der Waals surface area contributed by atoms with E-state index in [2.05, 4.69) is 11.9 Å². The van der Waals surface area contributed by atoms with Crippen molar-refractivity contribution in [3.05, 3.63) is 33.7 Å². The first-order valence-corrected chi connectivity index (χ1v) is 8.77. The van der Waals surface area contributed by atoms with E-state index in [0.717, 1.165) is 12.1 Å². The molecule has 6 nitrogen and oxygen atoms in total. The van der Waals surface area contributed by atoms with Gasteiger partial charge in [-0.15, -0.1) is 0 Å². The number of aryl methyl sites for hydroxylation is 1. The number of amides is 1. The van der Waals surface area contributed by atoms with E-state index < -0.39 is 0 Å². The molecular formula is C18H26N2O4. The number of H-pyrrole nitrogens is 1. The van der Waals surface area contributed by atoms with E-state index in [-0.39, 0.29) is 34.8 Å². The first kappa shape index (κ1) is 17.2. The van der Waals surface area contributed by atoms with Crippen LogP contribution in [0.1, 0.15) is 55.1 Å². The molecule has 1 spiro atoms. The SMILES string of the molecule is CC[C@H]1C[C@@H](O)CC2(CCN(C(=O)c3ccc(C)[nH]c3=O)CC2)O1. The predicted octanol–water partition coefficient (Wildman–Crippen LogP) is 1.61. The Balaban J connectivity index is 1.68. The lowest BCUT2D eigenvalue weighted by molar-refractivity contribution is -0.179. The number of aromatic nitrogens is 1. The number of piperidine rings is 1. The molecule has 0 saturated carbocycles. The smallest absolute Gasteiger partial charge is 0.260 e. The van der Waals surface area contributed by atoms with E-state index in [1.165, 1.54) is 0 Å². The summed E-state index contributed by atoms with van der Waals surface area (Å²) in [5.74, 6) is -0.227. The zero-order valence-electron chi connectivity index (χ0n) is 14.4. The van der Waals surface area contributed by atoms with Crippen molar-refractivity contribution in [3.63, 3.8) is 0 Å². The van der Waals surface area contributed by atoms with Crippen molar-refractivity contribution in [3.8, 4) is 0 Å². The van der Waals surface area contributed by atoms with Gasteiger partial charge < -0.3 is 19.7 Å². The van der Waals surface area contributed by atoms with Gasteiger partial charge in [0.25, 0.3) is 11.5 Å². The summed E-state index contributed by atoms with van der Waals surface area (Å²) in [4.78, 5) is 29.0. The standard InChI is InChI=1S/C18H26N2O4/c1-3-14-10-13(21)11-18(24-14)6-8-20(9-7-18)17(23)15-5-4-12(2)19-16(15)22/h4-5,13-14,21H,3,6-11H2,1-2H3,(H,19,22)/t13-,14+/m1/s1. The molecular weight excluding hydrogens is 308 g/mol. The maximum atomic E-state index is 12.6. The van der Waals surface area contributed by atoms with E-state index in [4.69, 9.17) is 4.74 Å². The molecule has 0 aliphatic carbocycles. The van der Waals surface area contributed by atoms with Gasteiger partial charge in [0.15, 0.2) is 0 Å². The van der Waals surface area contributed by atoms with Crippen molar-refractivity contribution in [2.75, 3.05) is 13.1 Å². The van der Waals surface area contributed by atoms with Gasteiger partial charge >= 0.3 is 0 Å². The summed E-state index contributed by atoms with van der Waals surface area (Å²) in [5.41, 5.74) is 0.266. The van der Waals surface area contributed by atoms with Crippen molar-refractivity contribution in [1.82, 2.24) is 9.88 Å². The second kappa shape index (κ2) is 6.69. The van der Waals surface area contributed by atoms with Crippen molar-refractivity contribution in [1.29, 1.82) is 0 Å². The summed E-state index contributed by atoms with van der Waals surface area (Å²) in [7, 11) is 0. The second-order valence-electron chi connectivity index (χ2n) is 7.10. The lowest BCUT2D eigenvalue weighted by Gasteiger charge is -2.47. The number of pyridine rings is 1. The van der Waals surface area contributed by atoms with Crippen LogP contribution in [0, 0.1) is 6.92 Å². The highest BCUT2D eigenvalue weighted by molar-refractivity contribution is 5.93. The number of hydrogen-bond donors (Lipinski definition) is 2. The van der Waals surface area contributed by atoms with E-state index in [9.17, 15) is 14.7 Å². The minimum atomic E-state index is -0.337. The molecule has 3 heterocycles. The number of ether oxygens (including phenoxy) is 1. The Morgan fingerprint density at radius 1 is 1.42 bits per heavy atom. The first-order chi connectivity index (χ1) is 11.4. The zero-order valence-corrected chi connectivity index (χ0v) is 14.4. The van der Waals surface area contributed by atoms with Gasteiger partial charge in [-0.25, -0.2) is 0 Å². The Bertz CT molecular complexity index is 661. The van der Waals surface area contributed by atoms with Crippen LogP contribution in [-0.2, 0) is 4.74 Å². The topological polar surface area (TPSA) is 82.6 Å². The first-order valence-electron chi connectivity index (χ1n) is 8.77. The fourth-order valence-electron chi connectivity index (χ4n) is 3.87. The molecule has 0 aromatic carbocycles. The van der Waals surface area contributed by atoms with E-state index in [0.29, 0.717) is 38.8 Å². The summed E-state index contributed by atoms with van der Waals surface area (Å²) in [6, 6.07) is 3.33. The highest BCUT2D eigenvalue weighted by Gasteiger charge is 2.43. The van der Waals surface area contributed by atoms with Crippen molar-refractivity contribution < 1.29 is 14.6 Å². The van der Waals surface area contributed by atoms with Crippen LogP contribution in [0.15, 0.2) is 16.9 Å². The molecule has 3 rings (SSSR count). The summed E-state index contributed by atoms with van der Waals surface area (Å²) in [6.07, 6.45) is 3.39. The molecule has 2 aliphatic rings. The third kappa shape index (κ3) is 3.39. The fourth-order valence-corrected chi connectivity index (χ4v) is 3.87. The number of carbonyl (C=O) groups excluding carboxylic acids is 1. The summed E-state index contributed by atoms with van der Waals surface area (Å²) < 4.78 is 6.24. The molecule has 2 N–H and O–H groups in total. The zero-order chi connectivity index (χ0) is 17.3. The quantitative estimate of drug-likeness (QED) is 0.861. The fraction of sp³-hybridized carbons (Fsp3) is 0.667. The number of rotatable bonds is 2. The molecule has 2 atom stereocenters. The normalized spacial score (nSPS) is 26.5. The second-order valence-corrected chi connectivity index (χ2v) is 7.10. The molecule has 2 aliphatic heterocycles. The number of nitrogens with zero attached hydrogens (tertiary/aromatic N) is 1. The maximum Gasteiger partial charge on any atom is 0.260 e. The Hall–Kier alpha value is -1.66. The molecule has 6 heteroatoms. The van der Waals surface area contributed by atoms with Crippen LogP contribution in [0.3, 0.4) is 0 Å². The van der Waals surface area contributed by atoms with Crippen molar-refractivity contribution >= 4 is 5.91 Å². The molecule has 1 amide bonds.